The number of carbonyl (C=O) groups excluding carboxylic acids is 1. The van der Waals surface area contributed by atoms with Gasteiger partial charge in [0, 0.05) is 17.8 Å². The van der Waals surface area contributed by atoms with E-state index in [0.717, 1.165) is 18.5 Å². The second-order valence-corrected chi connectivity index (χ2v) is 5.46. The van der Waals surface area contributed by atoms with Crippen molar-refractivity contribution in [3.8, 4) is 0 Å². The van der Waals surface area contributed by atoms with Crippen LogP contribution in [0.1, 0.15) is 37.8 Å². The highest BCUT2D eigenvalue weighted by Gasteiger charge is 2.26. The molecule has 19 heavy (non-hydrogen) atoms. The molecule has 0 unspecified atom stereocenters. The van der Waals surface area contributed by atoms with E-state index in [4.69, 9.17) is 5.11 Å². The summed E-state index contributed by atoms with van der Waals surface area (Å²) in [7, 11) is 0. The fraction of sp³-hybridized carbons (Fsp3) is 0.583. The first-order valence-electron chi connectivity index (χ1n) is 6.33. The van der Waals surface area contributed by atoms with Crippen LogP contribution < -0.4 is 5.32 Å². The lowest BCUT2D eigenvalue weighted by atomic mass is 10.3. The Balaban J connectivity index is 1.94. The first-order valence-corrected chi connectivity index (χ1v) is 7.21. The van der Waals surface area contributed by atoms with E-state index >= 15 is 0 Å². The van der Waals surface area contributed by atoms with Crippen molar-refractivity contribution >= 4 is 28.5 Å². The summed E-state index contributed by atoms with van der Waals surface area (Å²) in [4.78, 5) is 28.3. The Kier molecular flexibility index (Phi) is 4.36. The van der Waals surface area contributed by atoms with Gasteiger partial charge in [-0.05, 0) is 19.3 Å². The summed E-state index contributed by atoms with van der Waals surface area (Å²) in [5.41, 5.74) is 1.03. The zero-order valence-electron chi connectivity index (χ0n) is 10.8. The lowest BCUT2D eigenvalue weighted by molar-refractivity contribution is -0.137. The molecule has 2 rings (SSSR count). The molecule has 1 aromatic heterocycles. The van der Waals surface area contributed by atoms with Crippen LogP contribution in [0.15, 0.2) is 5.38 Å². The summed E-state index contributed by atoms with van der Waals surface area (Å²) in [5, 5.41) is 13.9. The number of thiazole rings is 1. The molecule has 0 radical (unpaired) electrons. The van der Waals surface area contributed by atoms with Crippen LogP contribution in [-0.2, 0) is 4.79 Å². The summed E-state index contributed by atoms with van der Waals surface area (Å²) in [5.74, 6) is -0.464. The fourth-order valence-electron chi connectivity index (χ4n) is 1.77. The van der Waals surface area contributed by atoms with Crippen molar-refractivity contribution in [2.24, 2.45) is 0 Å². The molecule has 0 bridgehead atoms. The number of carboxylic acids is 1. The van der Waals surface area contributed by atoms with Gasteiger partial charge in [-0.2, -0.15) is 0 Å². The molecule has 1 aliphatic carbocycles. The minimum atomic E-state index is -1.01. The van der Waals surface area contributed by atoms with Crippen LogP contribution >= 0.6 is 11.3 Å². The zero-order chi connectivity index (χ0) is 13.8. The van der Waals surface area contributed by atoms with Crippen LogP contribution in [0.5, 0.6) is 0 Å². The second-order valence-electron chi connectivity index (χ2n) is 4.60. The van der Waals surface area contributed by atoms with Crippen molar-refractivity contribution in [2.45, 2.75) is 32.1 Å². The predicted molar refractivity (Wildman–Crippen MR) is 72.6 cm³/mol. The lowest BCUT2D eigenvalue weighted by Crippen LogP contribution is -2.39. The van der Waals surface area contributed by atoms with E-state index in [9.17, 15) is 9.59 Å². The van der Waals surface area contributed by atoms with Crippen molar-refractivity contribution in [2.75, 3.05) is 18.4 Å². The number of carboxylic acid groups (broad SMARTS) is 1. The predicted octanol–water partition coefficient (Wildman–Crippen LogP) is 2.35. The summed E-state index contributed by atoms with van der Waals surface area (Å²) in [6, 6.07) is -0.402. The molecule has 0 aromatic carbocycles. The molecule has 1 heterocycles. The van der Waals surface area contributed by atoms with Gasteiger partial charge < -0.3 is 10.0 Å². The summed E-state index contributed by atoms with van der Waals surface area (Å²) in [6.07, 6.45) is 3.04. The first-order chi connectivity index (χ1) is 9.10. The molecule has 1 aromatic rings. The van der Waals surface area contributed by atoms with Crippen molar-refractivity contribution in [3.63, 3.8) is 0 Å². The lowest BCUT2D eigenvalue weighted by Gasteiger charge is -2.19. The van der Waals surface area contributed by atoms with Crippen molar-refractivity contribution in [1.82, 2.24) is 9.88 Å². The number of hydrogen-bond acceptors (Lipinski definition) is 4. The average molecular weight is 283 g/mol. The standard InChI is InChI=1S/C12H17N3O3S/c1-2-5-15(6-10(16)17)12(18)14-11-13-9(7-19-11)8-3-4-8/h7-8H,2-6H2,1H3,(H,16,17)(H,13,14,18). The van der Waals surface area contributed by atoms with Crippen molar-refractivity contribution in [3.05, 3.63) is 11.1 Å². The van der Waals surface area contributed by atoms with Gasteiger partial charge in [-0.25, -0.2) is 9.78 Å². The minimum Gasteiger partial charge on any atom is -0.480 e. The van der Waals surface area contributed by atoms with Crippen molar-refractivity contribution in [1.29, 1.82) is 0 Å². The molecule has 1 aliphatic rings. The van der Waals surface area contributed by atoms with Gasteiger partial charge in [0.25, 0.3) is 0 Å². The third-order valence-electron chi connectivity index (χ3n) is 2.84. The molecular formula is C12H17N3O3S. The fourth-order valence-corrected chi connectivity index (χ4v) is 2.55. The molecule has 0 saturated heterocycles. The number of rotatable bonds is 6. The van der Waals surface area contributed by atoms with Gasteiger partial charge in [0.05, 0.1) is 5.69 Å². The Labute approximate surface area is 115 Å². The number of nitrogens with zero attached hydrogens (tertiary/aromatic N) is 2. The van der Waals surface area contributed by atoms with Gasteiger partial charge in [-0.1, -0.05) is 6.92 Å². The highest BCUT2D eigenvalue weighted by molar-refractivity contribution is 7.13. The quantitative estimate of drug-likeness (QED) is 0.839. The molecule has 0 spiro atoms. The molecule has 2 amide bonds. The van der Waals surface area contributed by atoms with E-state index < -0.39 is 12.0 Å². The van der Waals surface area contributed by atoms with Gasteiger partial charge in [0.2, 0.25) is 0 Å². The van der Waals surface area contributed by atoms with E-state index in [1.165, 1.54) is 16.2 Å². The van der Waals surface area contributed by atoms with Crippen LogP contribution in [-0.4, -0.2) is 40.1 Å². The SMILES string of the molecule is CCCN(CC(=O)O)C(=O)Nc1nc(C2CC2)cs1. The number of carbonyl (C=O) groups is 2. The number of aliphatic carboxylic acids is 1. The number of nitrogens with one attached hydrogen (secondary N) is 1. The molecule has 0 aliphatic heterocycles. The first kappa shape index (κ1) is 13.8. The van der Waals surface area contributed by atoms with E-state index in [2.05, 4.69) is 10.3 Å². The van der Waals surface area contributed by atoms with Gasteiger partial charge in [-0.15, -0.1) is 11.3 Å². The monoisotopic (exact) mass is 283 g/mol. The van der Waals surface area contributed by atoms with Gasteiger partial charge in [0.15, 0.2) is 5.13 Å². The number of urea groups is 1. The number of aromatic nitrogens is 1. The summed E-state index contributed by atoms with van der Waals surface area (Å²) < 4.78 is 0. The van der Waals surface area contributed by atoms with Crippen LogP contribution in [0.3, 0.4) is 0 Å². The largest absolute Gasteiger partial charge is 0.480 e. The number of hydrogen-bond donors (Lipinski definition) is 2. The normalized spacial score (nSPS) is 14.2. The molecule has 0 atom stereocenters. The zero-order valence-corrected chi connectivity index (χ0v) is 11.6. The van der Waals surface area contributed by atoms with E-state index in [1.807, 2.05) is 12.3 Å². The second kappa shape index (κ2) is 6.01. The molecular weight excluding hydrogens is 266 g/mol. The summed E-state index contributed by atoms with van der Waals surface area (Å²) >= 11 is 1.38. The highest BCUT2D eigenvalue weighted by Crippen LogP contribution is 2.40. The van der Waals surface area contributed by atoms with Crippen molar-refractivity contribution < 1.29 is 14.7 Å². The Morgan fingerprint density at radius 1 is 1.58 bits per heavy atom. The highest BCUT2D eigenvalue weighted by atomic mass is 32.1. The Bertz CT molecular complexity index is 471. The molecule has 1 saturated carbocycles. The number of amides is 2. The topological polar surface area (TPSA) is 82.5 Å². The Morgan fingerprint density at radius 3 is 2.89 bits per heavy atom. The van der Waals surface area contributed by atoms with Crippen LogP contribution in [0.2, 0.25) is 0 Å². The molecule has 1 fully saturated rings. The van der Waals surface area contributed by atoms with Gasteiger partial charge in [-0.3, -0.25) is 10.1 Å². The number of anilines is 1. The third kappa shape index (κ3) is 3.92. The maximum Gasteiger partial charge on any atom is 0.324 e. The van der Waals surface area contributed by atoms with E-state index in [0.29, 0.717) is 24.0 Å². The maximum atomic E-state index is 12.0. The smallest absolute Gasteiger partial charge is 0.324 e. The maximum absolute atomic E-state index is 12.0. The van der Waals surface area contributed by atoms with Crippen LogP contribution in [0.25, 0.3) is 0 Å². The average Bonchev–Trinajstić information content (AvgIpc) is 3.09. The van der Waals surface area contributed by atoms with Crippen LogP contribution in [0, 0.1) is 0 Å². The molecule has 6 nitrogen and oxygen atoms in total. The van der Waals surface area contributed by atoms with Gasteiger partial charge >= 0.3 is 12.0 Å². The molecule has 104 valence electrons. The van der Waals surface area contributed by atoms with Gasteiger partial charge in [0.1, 0.15) is 6.54 Å². The Hall–Kier alpha value is -1.63. The summed E-state index contributed by atoms with van der Waals surface area (Å²) in [6.45, 7) is 2.02. The Morgan fingerprint density at radius 2 is 2.32 bits per heavy atom. The minimum absolute atomic E-state index is 0.291. The van der Waals surface area contributed by atoms with Crippen LogP contribution in [0.4, 0.5) is 9.93 Å². The van der Waals surface area contributed by atoms with E-state index in [1.54, 1.807) is 0 Å². The molecule has 7 heteroatoms. The van der Waals surface area contributed by atoms with E-state index in [-0.39, 0.29) is 6.54 Å². The third-order valence-corrected chi connectivity index (χ3v) is 3.61. The molecule has 2 N–H and O–H groups in total.